The second kappa shape index (κ2) is 46.8. The first-order valence-corrected chi connectivity index (χ1v) is 27.6. The predicted octanol–water partition coefficient (Wildman–Crippen LogP) is 14.7. The Bertz CT molecular complexity index is 998. The summed E-state index contributed by atoms with van der Waals surface area (Å²) >= 11 is 0. The standard InChI is InChI=1S/C55H107NO7/c1-6-8-10-12-14-16-18-20-22-24-25-26-27-28-30-31-33-35-37-39-41-43-45-53(57)62-50-51(49-61-48-47-52(55(59)60)56(3,4)5)63-54(58)46-44-42-40-38-36-34-32-29-23-21-19-17-15-13-11-9-7-2/h51-52H,6-50H2,1-5H3. The van der Waals surface area contributed by atoms with Crippen LogP contribution in [0.15, 0.2) is 0 Å². The monoisotopic (exact) mass is 894 g/mol. The van der Waals surface area contributed by atoms with Gasteiger partial charge in [-0.2, -0.15) is 0 Å². The lowest BCUT2D eigenvalue weighted by Gasteiger charge is -2.34. The van der Waals surface area contributed by atoms with Gasteiger partial charge < -0.3 is 28.6 Å². The molecule has 0 spiro atoms. The van der Waals surface area contributed by atoms with Crippen molar-refractivity contribution < 1.29 is 38.2 Å². The molecule has 0 aromatic heterocycles. The van der Waals surface area contributed by atoms with Crippen LogP contribution < -0.4 is 5.11 Å². The molecule has 0 amide bonds. The lowest BCUT2D eigenvalue weighted by Crippen LogP contribution is -2.55. The Morgan fingerprint density at radius 2 is 0.698 bits per heavy atom. The van der Waals surface area contributed by atoms with Gasteiger partial charge in [-0.3, -0.25) is 9.59 Å². The number of carbonyl (C=O) groups is 3. The van der Waals surface area contributed by atoms with Gasteiger partial charge in [-0.1, -0.05) is 251 Å². The maximum absolute atomic E-state index is 12.8. The van der Waals surface area contributed by atoms with Crippen LogP contribution in [0.2, 0.25) is 0 Å². The molecule has 63 heavy (non-hydrogen) atoms. The van der Waals surface area contributed by atoms with Crippen molar-refractivity contribution in [2.24, 2.45) is 0 Å². The SMILES string of the molecule is CCCCCCCCCCCCCCCCCCCCCCCCC(=O)OCC(COCCC(C(=O)[O-])[N+](C)(C)C)OC(=O)CCCCCCCCCCCCCCCCCCC. The number of carboxylic acid groups (broad SMARTS) is 1. The summed E-state index contributed by atoms with van der Waals surface area (Å²) in [5, 5.41) is 11.7. The van der Waals surface area contributed by atoms with E-state index in [1.54, 1.807) is 0 Å². The van der Waals surface area contributed by atoms with E-state index >= 15 is 0 Å². The molecule has 0 radical (unpaired) electrons. The normalized spacial score (nSPS) is 12.7. The van der Waals surface area contributed by atoms with Crippen molar-refractivity contribution in [3.63, 3.8) is 0 Å². The summed E-state index contributed by atoms with van der Waals surface area (Å²) in [4.78, 5) is 37.1. The first kappa shape index (κ1) is 61.3. The summed E-state index contributed by atoms with van der Waals surface area (Å²) in [5.41, 5.74) is 0. The number of aliphatic carboxylic acids is 1. The van der Waals surface area contributed by atoms with Gasteiger partial charge >= 0.3 is 11.9 Å². The molecular formula is C55H107NO7. The molecule has 2 atom stereocenters. The van der Waals surface area contributed by atoms with Crippen molar-refractivity contribution in [1.82, 2.24) is 0 Å². The molecule has 0 aromatic rings. The van der Waals surface area contributed by atoms with Crippen LogP contribution in [0.3, 0.4) is 0 Å². The molecule has 0 rings (SSSR count). The summed E-state index contributed by atoms with van der Waals surface area (Å²) in [6.45, 7) is 4.73. The Morgan fingerprint density at radius 3 is 0.984 bits per heavy atom. The van der Waals surface area contributed by atoms with Crippen molar-refractivity contribution in [1.29, 1.82) is 0 Å². The van der Waals surface area contributed by atoms with Crippen molar-refractivity contribution in [3.05, 3.63) is 0 Å². The largest absolute Gasteiger partial charge is 0.544 e. The van der Waals surface area contributed by atoms with Gasteiger partial charge in [0.1, 0.15) is 12.6 Å². The Balaban J connectivity index is 4.12. The highest BCUT2D eigenvalue weighted by Crippen LogP contribution is 2.18. The molecule has 0 bridgehead atoms. The number of unbranched alkanes of at least 4 members (excludes halogenated alkanes) is 37. The number of carbonyl (C=O) groups excluding carboxylic acids is 3. The van der Waals surface area contributed by atoms with Crippen molar-refractivity contribution in [2.45, 2.75) is 296 Å². The zero-order valence-electron chi connectivity index (χ0n) is 42.8. The molecule has 0 aliphatic heterocycles. The summed E-state index contributed by atoms with van der Waals surface area (Å²) in [5.74, 6) is -1.70. The summed E-state index contributed by atoms with van der Waals surface area (Å²) in [6, 6.07) is -0.720. The third-order valence-electron chi connectivity index (χ3n) is 13.0. The van der Waals surface area contributed by atoms with Gasteiger partial charge in [-0.25, -0.2) is 0 Å². The summed E-state index contributed by atoms with van der Waals surface area (Å²) in [7, 11) is 5.44. The maximum Gasteiger partial charge on any atom is 0.306 e. The molecule has 0 fully saturated rings. The molecule has 0 aliphatic carbocycles. The zero-order valence-corrected chi connectivity index (χ0v) is 42.8. The van der Waals surface area contributed by atoms with E-state index in [2.05, 4.69) is 13.8 Å². The molecule has 0 heterocycles. The average molecular weight is 894 g/mol. The Kier molecular flexibility index (Phi) is 45.6. The van der Waals surface area contributed by atoms with Crippen molar-refractivity contribution >= 4 is 17.9 Å². The van der Waals surface area contributed by atoms with Crippen molar-refractivity contribution in [2.75, 3.05) is 41.0 Å². The van der Waals surface area contributed by atoms with E-state index in [0.717, 1.165) is 38.5 Å². The van der Waals surface area contributed by atoms with E-state index < -0.39 is 18.1 Å². The summed E-state index contributed by atoms with van der Waals surface area (Å²) in [6.07, 6.45) is 51.4. The molecule has 2 unspecified atom stereocenters. The number of hydrogen-bond donors (Lipinski definition) is 0. The van der Waals surface area contributed by atoms with Crippen LogP contribution in [0.25, 0.3) is 0 Å². The fourth-order valence-electron chi connectivity index (χ4n) is 8.72. The van der Waals surface area contributed by atoms with Gasteiger partial charge in [0.05, 0.1) is 40.3 Å². The van der Waals surface area contributed by atoms with E-state index in [0.29, 0.717) is 12.8 Å². The highest BCUT2D eigenvalue weighted by Gasteiger charge is 2.25. The molecular weight excluding hydrogens is 787 g/mol. The molecule has 8 heteroatoms. The maximum atomic E-state index is 12.8. The lowest BCUT2D eigenvalue weighted by molar-refractivity contribution is -0.889. The number of carboxylic acids is 1. The van der Waals surface area contributed by atoms with Crippen LogP contribution in [0.1, 0.15) is 284 Å². The highest BCUT2D eigenvalue weighted by atomic mass is 16.6. The minimum Gasteiger partial charge on any atom is -0.544 e. The minimum absolute atomic E-state index is 0.0500. The molecule has 0 saturated carbocycles. The topological polar surface area (TPSA) is 102 Å². The van der Waals surface area contributed by atoms with Crippen LogP contribution in [0.4, 0.5) is 0 Å². The van der Waals surface area contributed by atoms with Crippen LogP contribution in [0, 0.1) is 0 Å². The Labute approximate surface area is 391 Å². The van der Waals surface area contributed by atoms with E-state index in [1.807, 2.05) is 21.1 Å². The van der Waals surface area contributed by atoms with Crippen LogP contribution in [0.5, 0.6) is 0 Å². The number of likely N-dealkylation sites (N-methyl/N-ethyl adjacent to an activating group) is 1. The van der Waals surface area contributed by atoms with E-state index in [-0.39, 0.29) is 42.7 Å². The van der Waals surface area contributed by atoms with Gasteiger partial charge in [0.25, 0.3) is 0 Å². The number of ether oxygens (including phenoxy) is 3. The zero-order chi connectivity index (χ0) is 46.3. The lowest BCUT2D eigenvalue weighted by atomic mass is 10.0. The minimum atomic E-state index is -1.12. The van der Waals surface area contributed by atoms with Gasteiger partial charge in [-0.15, -0.1) is 0 Å². The molecule has 0 saturated heterocycles. The third kappa shape index (κ3) is 45.3. The highest BCUT2D eigenvalue weighted by molar-refractivity contribution is 5.70. The summed E-state index contributed by atoms with van der Waals surface area (Å²) < 4.78 is 17.3. The average Bonchev–Trinajstić information content (AvgIpc) is 3.24. The molecule has 0 aromatic carbocycles. The number of rotatable bonds is 51. The van der Waals surface area contributed by atoms with Crippen LogP contribution >= 0.6 is 0 Å². The number of hydrogen-bond acceptors (Lipinski definition) is 7. The van der Waals surface area contributed by atoms with Gasteiger partial charge in [0, 0.05) is 19.3 Å². The smallest absolute Gasteiger partial charge is 0.306 e. The van der Waals surface area contributed by atoms with Gasteiger partial charge in [0.15, 0.2) is 6.10 Å². The number of esters is 2. The second-order valence-corrected chi connectivity index (χ2v) is 20.2. The predicted molar refractivity (Wildman–Crippen MR) is 264 cm³/mol. The first-order valence-electron chi connectivity index (χ1n) is 27.6. The van der Waals surface area contributed by atoms with Crippen molar-refractivity contribution in [3.8, 4) is 0 Å². The third-order valence-corrected chi connectivity index (χ3v) is 13.0. The van der Waals surface area contributed by atoms with Crippen LogP contribution in [-0.4, -0.2) is 75.5 Å². The second-order valence-electron chi connectivity index (χ2n) is 20.2. The van der Waals surface area contributed by atoms with Gasteiger partial charge in [0.2, 0.25) is 0 Å². The number of quaternary nitrogens is 1. The fraction of sp³-hybridized carbons (Fsp3) is 0.945. The molecule has 0 aliphatic rings. The Hall–Kier alpha value is -1.67. The molecule has 0 N–H and O–H groups in total. The Morgan fingerprint density at radius 1 is 0.413 bits per heavy atom. The quantitative estimate of drug-likeness (QED) is 0.0340. The molecule has 8 nitrogen and oxygen atoms in total. The first-order chi connectivity index (χ1) is 30.6. The van der Waals surface area contributed by atoms with Gasteiger partial charge in [-0.05, 0) is 12.8 Å². The number of nitrogens with zero attached hydrogens (tertiary/aromatic N) is 1. The molecule has 374 valence electrons. The van der Waals surface area contributed by atoms with E-state index in [1.165, 1.54) is 212 Å². The van der Waals surface area contributed by atoms with E-state index in [9.17, 15) is 19.5 Å². The van der Waals surface area contributed by atoms with Crippen LogP contribution in [-0.2, 0) is 28.6 Å². The fourth-order valence-corrected chi connectivity index (χ4v) is 8.72. The van der Waals surface area contributed by atoms with E-state index in [4.69, 9.17) is 14.2 Å².